The summed E-state index contributed by atoms with van der Waals surface area (Å²) >= 11 is 0. The molecule has 0 aliphatic carbocycles. The zero-order valence-electron chi connectivity index (χ0n) is 12.0. The lowest BCUT2D eigenvalue weighted by molar-refractivity contribution is -0.139. The van der Waals surface area contributed by atoms with Crippen LogP contribution in [0.3, 0.4) is 0 Å². The van der Waals surface area contributed by atoms with Crippen molar-refractivity contribution in [1.82, 2.24) is 15.5 Å². The molecule has 0 spiro atoms. The Hall–Kier alpha value is -1.86. The number of aliphatic hydroxyl groups is 1. The highest BCUT2D eigenvalue weighted by Crippen LogP contribution is 2.19. The SMILES string of the molecule is CN(C)CCNC(=O)C(=O)NCC(C)(O)c1ccco1. The first-order valence-electron chi connectivity index (χ1n) is 6.30. The van der Waals surface area contributed by atoms with Crippen LogP contribution in [-0.4, -0.2) is 55.6 Å². The largest absolute Gasteiger partial charge is 0.466 e. The third-order valence-electron chi connectivity index (χ3n) is 2.70. The number of hydrogen-bond acceptors (Lipinski definition) is 5. The van der Waals surface area contributed by atoms with E-state index in [-0.39, 0.29) is 6.54 Å². The van der Waals surface area contributed by atoms with Crippen molar-refractivity contribution >= 4 is 11.8 Å². The van der Waals surface area contributed by atoms with Crippen LogP contribution in [0.1, 0.15) is 12.7 Å². The van der Waals surface area contributed by atoms with E-state index >= 15 is 0 Å². The van der Waals surface area contributed by atoms with Gasteiger partial charge < -0.3 is 25.1 Å². The molecule has 0 bridgehead atoms. The molecule has 20 heavy (non-hydrogen) atoms. The van der Waals surface area contributed by atoms with Crippen LogP contribution in [-0.2, 0) is 15.2 Å². The van der Waals surface area contributed by atoms with Crippen molar-refractivity contribution < 1.29 is 19.1 Å². The van der Waals surface area contributed by atoms with Crippen LogP contribution in [0.2, 0.25) is 0 Å². The lowest BCUT2D eigenvalue weighted by Gasteiger charge is -2.20. The smallest absolute Gasteiger partial charge is 0.309 e. The second kappa shape index (κ2) is 7.06. The molecule has 7 nitrogen and oxygen atoms in total. The summed E-state index contributed by atoms with van der Waals surface area (Å²) in [4.78, 5) is 24.9. The van der Waals surface area contributed by atoms with E-state index < -0.39 is 17.4 Å². The Morgan fingerprint density at radius 3 is 2.55 bits per heavy atom. The molecular formula is C13H21N3O4. The molecule has 1 unspecified atom stereocenters. The van der Waals surface area contributed by atoms with Gasteiger partial charge in [-0.05, 0) is 33.2 Å². The number of amides is 2. The molecule has 0 fully saturated rings. The van der Waals surface area contributed by atoms with Gasteiger partial charge in [-0.25, -0.2) is 0 Å². The minimum absolute atomic E-state index is 0.111. The zero-order valence-corrected chi connectivity index (χ0v) is 12.0. The average molecular weight is 283 g/mol. The van der Waals surface area contributed by atoms with Gasteiger partial charge in [0.25, 0.3) is 0 Å². The summed E-state index contributed by atoms with van der Waals surface area (Å²) in [5, 5.41) is 15.0. The molecule has 0 aliphatic rings. The minimum Gasteiger partial charge on any atom is -0.466 e. The van der Waals surface area contributed by atoms with Crippen LogP contribution in [0, 0.1) is 0 Å². The van der Waals surface area contributed by atoms with Gasteiger partial charge in [-0.3, -0.25) is 9.59 Å². The van der Waals surface area contributed by atoms with Crippen molar-refractivity contribution in [2.45, 2.75) is 12.5 Å². The van der Waals surface area contributed by atoms with E-state index in [2.05, 4.69) is 10.6 Å². The maximum absolute atomic E-state index is 11.6. The van der Waals surface area contributed by atoms with Crippen LogP contribution < -0.4 is 10.6 Å². The third kappa shape index (κ3) is 5.02. The van der Waals surface area contributed by atoms with Crippen molar-refractivity contribution in [2.24, 2.45) is 0 Å². The van der Waals surface area contributed by atoms with Crippen LogP contribution in [0.15, 0.2) is 22.8 Å². The fourth-order valence-electron chi connectivity index (χ4n) is 1.48. The monoisotopic (exact) mass is 283 g/mol. The summed E-state index contributed by atoms with van der Waals surface area (Å²) in [5.41, 5.74) is -1.36. The molecule has 1 rings (SSSR count). The highest BCUT2D eigenvalue weighted by Gasteiger charge is 2.27. The Morgan fingerprint density at radius 2 is 2.00 bits per heavy atom. The van der Waals surface area contributed by atoms with Gasteiger partial charge in [-0.15, -0.1) is 0 Å². The van der Waals surface area contributed by atoms with Gasteiger partial charge in [0, 0.05) is 13.1 Å². The average Bonchev–Trinajstić information content (AvgIpc) is 2.90. The first kappa shape index (κ1) is 16.2. The van der Waals surface area contributed by atoms with Gasteiger partial charge in [-0.2, -0.15) is 0 Å². The molecule has 0 radical (unpaired) electrons. The molecule has 1 heterocycles. The molecule has 0 saturated carbocycles. The number of nitrogens with one attached hydrogen (secondary N) is 2. The Bertz CT molecular complexity index is 440. The predicted molar refractivity (Wildman–Crippen MR) is 72.9 cm³/mol. The first-order chi connectivity index (χ1) is 9.33. The summed E-state index contributed by atoms with van der Waals surface area (Å²) in [6, 6.07) is 3.24. The molecule has 1 aromatic heterocycles. The quantitative estimate of drug-likeness (QED) is 0.599. The summed E-state index contributed by atoms with van der Waals surface area (Å²) in [6.45, 7) is 2.41. The normalized spacial score (nSPS) is 13.8. The zero-order chi connectivity index (χ0) is 15.2. The lowest BCUT2D eigenvalue weighted by atomic mass is 10.0. The van der Waals surface area contributed by atoms with E-state index in [9.17, 15) is 14.7 Å². The summed E-state index contributed by atoms with van der Waals surface area (Å²) < 4.78 is 5.07. The number of nitrogens with zero attached hydrogens (tertiary/aromatic N) is 1. The lowest BCUT2D eigenvalue weighted by Crippen LogP contribution is -2.46. The number of furan rings is 1. The predicted octanol–water partition coefficient (Wildman–Crippen LogP) is -0.719. The maximum atomic E-state index is 11.6. The van der Waals surface area contributed by atoms with Crippen molar-refractivity contribution in [3.05, 3.63) is 24.2 Å². The molecule has 7 heteroatoms. The van der Waals surface area contributed by atoms with Crippen LogP contribution in [0.25, 0.3) is 0 Å². The topological polar surface area (TPSA) is 94.8 Å². The van der Waals surface area contributed by atoms with Gasteiger partial charge >= 0.3 is 11.8 Å². The van der Waals surface area contributed by atoms with Crippen molar-refractivity contribution in [3.8, 4) is 0 Å². The summed E-state index contributed by atoms with van der Waals surface area (Å²) in [5.74, 6) is -1.18. The molecule has 112 valence electrons. The molecule has 1 aromatic rings. The number of carbonyl (C=O) groups excluding carboxylic acids is 2. The van der Waals surface area contributed by atoms with Gasteiger partial charge in [0.15, 0.2) is 0 Å². The number of hydrogen-bond donors (Lipinski definition) is 3. The number of likely N-dealkylation sites (N-methyl/N-ethyl adjacent to an activating group) is 1. The van der Waals surface area contributed by atoms with Crippen molar-refractivity contribution in [2.75, 3.05) is 33.7 Å². The van der Waals surface area contributed by atoms with Crippen LogP contribution in [0.4, 0.5) is 0 Å². The van der Waals surface area contributed by atoms with E-state index in [1.54, 1.807) is 12.1 Å². The van der Waals surface area contributed by atoms with Crippen LogP contribution >= 0.6 is 0 Å². The van der Waals surface area contributed by atoms with Gasteiger partial charge in [0.05, 0.1) is 12.8 Å². The highest BCUT2D eigenvalue weighted by molar-refractivity contribution is 6.35. The number of carbonyl (C=O) groups is 2. The first-order valence-corrected chi connectivity index (χ1v) is 6.30. The molecule has 0 aliphatic heterocycles. The Kier molecular flexibility index (Phi) is 5.72. The van der Waals surface area contributed by atoms with E-state index in [0.29, 0.717) is 18.8 Å². The highest BCUT2D eigenvalue weighted by atomic mass is 16.4. The third-order valence-corrected chi connectivity index (χ3v) is 2.70. The molecule has 1 atom stereocenters. The fraction of sp³-hybridized carbons (Fsp3) is 0.538. The molecular weight excluding hydrogens is 262 g/mol. The molecule has 3 N–H and O–H groups in total. The van der Waals surface area contributed by atoms with E-state index in [1.807, 2.05) is 19.0 Å². The van der Waals surface area contributed by atoms with Gasteiger partial charge in [0.2, 0.25) is 0 Å². The Morgan fingerprint density at radius 1 is 1.35 bits per heavy atom. The van der Waals surface area contributed by atoms with Gasteiger partial charge in [-0.1, -0.05) is 0 Å². The summed E-state index contributed by atoms with van der Waals surface area (Å²) in [6.07, 6.45) is 1.43. The van der Waals surface area contributed by atoms with E-state index in [1.165, 1.54) is 13.2 Å². The second-order valence-corrected chi connectivity index (χ2v) is 4.99. The van der Waals surface area contributed by atoms with Crippen molar-refractivity contribution in [3.63, 3.8) is 0 Å². The fourth-order valence-corrected chi connectivity index (χ4v) is 1.48. The molecule has 2 amide bonds. The Labute approximate surface area is 117 Å². The van der Waals surface area contributed by atoms with Crippen molar-refractivity contribution in [1.29, 1.82) is 0 Å². The van der Waals surface area contributed by atoms with E-state index in [4.69, 9.17) is 4.42 Å². The Balaban J connectivity index is 2.37. The molecule has 0 saturated heterocycles. The standard InChI is InChI=1S/C13H21N3O4/c1-13(19,10-5-4-8-20-10)9-15-12(18)11(17)14-6-7-16(2)3/h4-5,8,19H,6-7,9H2,1-3H3,(H,14,17)(H,15,18). The maximum Gasteiger partial charge on any atom is 0.309 e. The second-order valence-electron chi connectivity index (χ2n) is 4.99. The summed E-state index contributed by atoms with van der Waals surface area (Å²) in [7, 11) is 3.74. The van der Waals surface area contributed by atoms with Gasteiger partial charge in [0.1, 0.15) is 11.4 Å². The molecule has 0 aromatic carbocycles. The minimum atomic E-state index is -1.36. The van der Waals surface area contributed by atoms with Crippen LogP contribution in [0.5, 0.6) is 0 Å². The number of rotatable bonds is 6. The van der Waals surface area contributed by atoms with E-state index in [0.717, 1.165) is 0 Å².